The van der Waals surface area contributed by atoms with Gasteiger partial charge in [0, 0.05) is 11.0 Å². The number of alkyl halides is 3. The average Bonchev–Trinajstić information content (AvgIpc) is 2.50. The second-order valence-corrected chi connectivity index (χ2v) is 5.32. The van der Waals surface area contributed by atoms with E-state index in [4.69, 9.17) is 11.1 Å². The van der Waals surface area contributed by atoms with Crippen molar-refractivity contribution in [3.05, 3.63) is 56.1 Å². The molecular weight excluding hydrogens is 352 g/mol. The van der Waals surface area contributed by atoms with Gasteiger partial charge in [-0.15, -0.1) is 11.8 Å². The Morgan fingerprint density at radius 2 is 1.88 bits per heavy atom. The number of nitrogen functional groups attached to an aromatic ring is 1. The van der Waals surface area contributed by atoms with Crippen molar-refractivity contribution in [2.45, 2.75) is 11.1 Å². The van der Waals surface area contributed by atoms with E-state index in [9.17, 15) is 27.2 Å². The molecule has 11 heteroatoms. The molecule has 0 saturated carbocycles. The topological polar surface area (TPSA) is 93.8 Å². The molecule has 0 bridgehead atoms. The van der Waals surface area contributed by atoms with Crippen molar-refractivity contribution in [1.29, 1.82) is 5.26 Å². The number of hydrogen-bond donors (Lipinski definition) is 1. The van der Waals surface area contributed by atoms with Crippen molar-refractivity contribution in [2.75, 3.05) is 12.1 Å². The van der Waals surface area contributed by atoms with Crippen molar-refractivity contribution in [3.8, 4) is 11.8 Å². The molecular formula is C13H8F4N4O2S. The Morgan fingerprint density at radius 3 is 2.38 bits per heavy atom. The standard InChI is InChI=1S/C13H8F4N4O2S/c1-24-9-3-8(7(14)2-6(9)5-18)20-11(22)4-10(13(15,16)17)21(19)12(20)23/h2-4H,19H2,1H3. The highest BCUT2D eigenvalue weighted by atomic mass is 32.2. The van der Waals surface area contributed by atoms with Crippen molar-refractivity contribution in [3.63, 3.8) is 0 Å². The molecule has 0 fully saturated rings. The van der Waals surface area contributed by atoms with Gasteiger partial charge in [0.05, 0.1) is 11.3 Å². The molecule has 1 aromatic carbocycles. The third-order valence-corrected chi connectivity index (χ3v) is 3.84. The molecule has 0 aliphatic carbocycles. The minimum atomic E-state index is -5.03. The van der Waals surface area contributed by atoms with Gasteiger partial charge in [0.25, 0.3) is 5.56 Å². The zero-order valence-electron chi connectivity index (χ0n) is 11.9. The molecule has 0 atom stereocenters. The summed E-state index contributed by atoms with van der Waals surface area (Å²) < 4.78 is 52.2. The number of nitrogens with zero attached hydrogens (tertiary/aromatic N) is 3. The molecule has 0 amide bonds. The first-order valence-electron chi connectivity index (χ1n) is 6.11. The van der Waals surface area contributed by atoms with Crippen LogP contribution in [0.3, 0.4) is 0 Å². The summed E-state index contributed by atoms with van der Waals surface area (Å²) in [6.45, 7) is 0. The molecule has 126 valence electrons. The van der Waals surface area contributed by atoms with Crippen LogP contribution in [-0.4, -0.2) is 15.5 Å². The normalized spacial score (nSPS) is 11.3. The van der Waals surface area contributed by atoms with E-state index in [1.165, 1.54) is 0 Å². The van der Waals surface area contributed by atoms with E-state index in [2.05, 4.69) is 0 Å². The Hall–Kier alpha value is -2.74. The van der Waals surface area contributed by atoms with Crippen LogP contribution in [0.2, 0.25) is 0 Å². The molecule has 6 nitrogen and oxygen atoms in total. The van der Waals surface area contributed by atoms with E-state index in [1.54, 1.807) is 12.3 Å². The summed E-state index contributed by atoms with van der Waals surface area (Å²) in [6, 6.07) is 3.63. The van der Waals surface area contributed by atoms with E-state index >= 15 is 0 Å². The van der Waals surface area contributed by atoms with Crippen LogP contribution >= 0.6 is 11.8 Å². The molecule has 0 radical (unpaired) electrons. The fourth-order valence-corrected chi connectivity index (χ4v) is 2.52. The molecule has 2 N–H and O–H groups in total. The monoisotopic (exact) mass is 360 g/mol. The summed E-state index contributed by atoms with van der Waals surface area (Å²) in [4.78, 5) is 24.2. The van der Waals surface area contributed by atoms with Crippen LogP contribution in [0, 0.1) is 17.1 Å². The Kier molecular flexibility index (Phi) is 4.44. The predicted molar refractivity (Wildman–Crippen MR) is 77.9 cm³/mol. The first-order valence-corrected chi connectivity index (χ1v) is 7.33. The minimum absolute atomic E-state index is 0.0446. The summed E-state index contributed by atoms with van der Waals surface area (Å²) in [7, 11) is 0. The Bertz CT molecular complexity index is 972. The van der Waals surface area contributed by atoms with Gasteiger partial charge in [-0.1, -0.05) is 0 Å². The summed E-state index contributed by atoms with van der Waals surface area (Å²) in [6.07, 6.45) is -3.46. The van der Waals surface area contributed by atoms with E-state index in [-0.39, 0.29) is 25.8 Å². The van der Waals surface area contributed by atoms with E-state index in [0.29, 0.717) is 0 Å². The second-order valence-electron chi connectivity index (χ2n) is 4.47. The Morgan fingerprint density at radius 1 is 1.25 bits per heavy atom. The zero-order valence-corrected chi connectivity index (χ0v) is 12.7. The molecule has 24 heavy (non-hydrogen) atoms. The fourth-order valence-electron chi connectivity index (χ4n) is 1.97. The maximum Gasteiger partial charge on any atom is 0.433 e. The highest BCUT2D eigenvalue weighted by Gasteiger charge is 2.36. The third kappa shape index (κ3) is 2.88. The summed E-state index contributed by atoms with van der Waals surface area (Å²) in [5.74, 6) is 3.97. The molecule has 2 rings (SSSR count). The van der Waals surface area contributed by atoms with Gasteiger partial charge in [0.2, 0.25) is 0 Å². The molecule has 1 aromatic heterocycles. The molecule has 1 heterocycles. The SMILES string of the molecule is CSc1cc(-n2c(=O)cc(C(F)(F)F)n(N)c2=O)c(F)cc1C#N. The van der Waals surface area contributed by atoms with Crippen molar-refractivity contribution in [2.24, 2.45) is 0 Å². The highest BCUT2D eigenvalue weighted by molar-refractivity contribution is 7.98. The first-order chi connectivity index (χ1) is 11.1. The fraction of sp³-hybridized carbons (Fsp3) is 0.154. The molecule has 2 aromatic rings. The molecule has 0 spiro atoms. The molecule has 0 aliphatic heterocycles. The largest absolute Gasteiger partial charge is 0.433 e. The van der Waals surface area contributed by atoms with E-state index < -0.39 is 34.6 Å². The van der Waals surface area contributed by atoms with Crippen LogP contribution in [-0.2, 0) is 6.18 Å². The number of hydrogen-bond acceptors (Lipinski definition) is 5. The van der Waals surface area contributed by atoms with Gasteiger partial charge < -0.3 is 5.84 Å². The number of benzene rings is 1. The van der Waals surface area contributed by atoms with Crippen LogP contribution in [0.4, 0.5) is 17.6 Å². The van der Waals surface area contributed by atoms with Crippen molar-refractivity contribution in [1.82, 2.24) is 9.24 Å². The lowest BCUT2D eigenvalue weighted by Crippen LogP contribution is -2.45. The number of aromatic nitrogens is 2. The molecule has 0 unspecified atom stereocenters. The van der Waals surface area contributed by atoms with Crippen LogP contribution < -0.4 is 17.1 Å². The lowest BCUT2D eigenvalue weighted by molar-refractivity contribution is -0.143. The Labute approximate surface area is 135 Å². The van der Waals surface area contributed by atoms with Gasteiger partial charge in [0.1, 0.15) is 11.9 Å². The molecule has 0 aliphatic rings. The zero-order chi connectivity index (χ0) is 18.2. The van der Waals surface area contributed by atoms with Crippen molar-refractivity contribution >= 4 is 11.8 Å². The lowest BCUT2D eigenvalue weighted by atomic mass is 10.2. The van der Waals surface area contributed by atoms with Crippen molar-refractivity contribution < 1.29 is 17.6 Å². The van der Waals surface area contributed by atoms with Gasteiger partial charge >= 0.3 is 11.9 Å². The Balaban J connectivity index is 2.86. The second kappa shape index (κ2) is 6.04. The maximum atomic E-state index is 14.1. The van der Waals surface area contributed by atoms with Gasteiger partial charge in [0.15, 0.2) is 5.69 Å². The quantitative estimate of drug-likeness (QED) is 0.497. The average molecular weight is 360 g/mol. The smallest absolute Gasteiger partial charge is 0.335 e. The molecule has 0 saturated heterocycles. The van der Waals surface area contributed by atoms with Gasteiger partial charge in [-0.3, -0.25) is 4.79 Å². The lowest BCUT2D eigenvalue weighted by Gasteiger charge is -2.14. The van der Waals surface area contributed by atoms with Crippen LogP contribution in [0.5, 0.6) is 0 Å². The number of halogens is 4. The maximum absolute atomic E-state index is 14.1. The van der Waals surface area contributed by atoms with E-state index in [1.807, 2.05) is 0 Å². The number of nitriles is 1. The third-order valence-electron chi connectivity index (χ3n) is 3.06. The van der Waals surface area contributed by atoms with Crippen LogP contribution in [0.25, 0.3) is 5.69 Å². The first kappa shape index (κ1) is 17.6. The van der Waals surface area contributed by atoms with E-state index in [0.717, 1.165) is 23.9 Å². The summed E-state index contributed by atoms with van der Waals surface area (Å²) >= 11 is 1.04. The van der Waals surface area contributed by atoms with Crippen LogP contribution in [0.15, 0.2) is 32.7 Å². The van der Waals surface area contributed by atoms with Gasteiger partial charge in [-0.05, 0) is 18.4 Å². The number of nitrogens with two attached hydrogens (primary N) is 1. The highest BCUT2D eigenvalue weighted by Crippen LogP contribution is 2.27. The van der Waals surface area contributed by atoms with Gasteiger partial charge in [-0.25, -0.2) is 18.4 Å². The predicted octanol–water partition coefficient (Wildman–Crippen LogP) is 1.46. The van der Waals surface area contributed by atoms with Gasteiger partial charge in [-0.2, -0.15) is 18.4 Å². The summed E-state index contributed by atoms with van der Waals surface area (Å²) in [5.41, 5.74) is -5.26. The minimum Gasteiger partial charge on any atom is -0.335 e. The summed E-state index contributed by atoms with van der Waals surface area (Å²) in [5, 5.41) is 8.91. The van der Waals surface area contributed by atoms with Crippen LogP contribution in [0.1, 0.15) is 11.3 Å². The number of rotatable bonds is 2. The number of thioether (sulfide) groups is 1.